The predicted octanol–water partition coefficient (Wildman–Crippen LogP) is 3.16. The highest BCUT2D eigenvalue weighted by Crippen LogP contribution is 2.28. The van der Waals surface area contributed by atoms with Crippen molar-refractivity contribution in [3.8, 4) is 0 Å². The van der Waals surface area contributed by atoms with Gasteiger partial charge in [-0.2, -0.15) is 0 Å². The van der Waals surface area contributed by atoms with Crippen molar-refractivity contribution in [1.29, 1.82) is 0 Å². The number of carbonyl (C=O) groups is 1. The summed E-state index contributed by atoms with van der Waals surface area (Å²) in [6.45, 7) is 4.82. The third-order valence-electron chi connectivity index (χ3n) is 5.11. The van der Waals surface area contributed by atoms with E-state index in [1.807, 2.05) is 6.07 Å². The van der Waals surface area contributed by atoms with Crippen molar-refractivity contribution >= 4 is 21.6 Å². The smallest absolute Gasteiger partial charge is 0.242 e. The van der Waals surface area contributed by atoms with Crippen molar-refractivity contribution < 1.29 is 13.2 Å². The van der Waals surface area contributed by atoms with Crippen molar-refractivity contribution in [2.24, 2.45) is 0 Å². The standard InChI is InChI=1S/C22H29N3O3S/c1-16-6-5-7-18(12-16)14-25(20-10-11-20)15-22(26)23-19-9-8-17(2)21(13-19)29(27,28)24(3)4/h5-9,12-13,20H,10-11,14-15H2,1-4H3,(H,23,26). The second-order valence-corrected chi connectivity index (χ2v) is 10.1. The molecule has 0 radical (unpaired) electrons. The van der Waals surface area contributed by atoms with Gasteiger partial charge in [-0.1, -0.05) is 35.9 Å². The predicted molar refractivity (Wildman–Crippen MR) is 115 cm³/mol. The molecular weight excluding hydrogens is 386 g/mol. The molecule has 156 valence electrons. The van der Waals surface area contributed by atoms with Crippen LogP contribution in [0.1, 0.15) is 29.5 Å². The van der Waals surface area contributed by atoms with Crippen molar-refractivity contribution in [2.75, 3.05) is 26.0 Å². The minimum absolute atomic E-state index is 0.137. The summed E-state index contributed by atoms with van der Waals surface area (Å²) in [5.41, 5.74) is 3.54. The van der Waals surface area contributed by atoms with E-state index < -0.39 is 10.0 Å². The van der Waals surface area contributed by atoms with Gasteiger partial charge in [0.1, 0.15) is 0 Å². The van der Waals surface area contributed by atoms with Crippen LogP contribution in [0.2, 0.25) is 0 Å². The van der Waals surface area contributed by atoms with Crippen LogP contribution in [-0.4, -0.2) is 50.2 Å². The summed E-state index contributed by atoms with van der Waals surface area (Å²) < 4.78 is 26.2. The maximum atomic E-state index is 12.7. The van der Waals surface area contributed by atoms with E-state index in [0.29, 0.717) is 17.3 Å². The third-order valence-corrected chi connectivity index (χ3v) is 7.07. The molecule has 2 aromatic carbocycles. The van der Waals surface area contributed by atoms with Crippen LogP contribution in [0, 0.1) is 13.8 Å². The first kappa shape index (κ1) is 21.5. The number of anilines is 1. The van der Waals surface area contributed by atoms with Crippen molar-refractivity contribution in [1.82, 2.24) is 9.21 Å². The zero-order valence-electron chi connectivity index (χ0n) is 17.5. The normalized spacial score (nSPS) is 14.4. The molecule has 0 saturated heterocycles. The molecule has 1 N–H and O–H groups in total. The highest BCUT2D eigenvalue weighted by Gasteiger charge is 2.30. The Balaban J connectivity index is 1.71. The molecule has 1 aliphatic carbocycles. The van der Waals surface area contributed by atoms with Gasteiger partial charge >= 0.3 is 0 Å². The molecule has 1 amide bonds. The van der Waals surface area contributed by atoms with E-state index in [4.69, 9.17) is 0 Å². The van der Waals surface area contributed by atoms with Crippen molar-refractivity contribution in [3.63, 3.8) is 0 Å². The van der Waals surface area contributed by atoms with E-state index in [1.165, 1.54) is 35.6 Å². The van der Waals surface area contributed by atoms with E-state index >= 15 is 0 Å². The Bertz CT molecular complexity index is 998. The van der Waals surface area contributed by atoms with Gasteiger partial charge in [-0.15, -0.1) is 0 Å². The van der Waals surface area contributed by atoms with Gasteiger partial charge in [-0.25, -0.2) is 12.7 Å². The van der Waals surface area contributed by atoms with Crippen LogP contribution >= 0.6 is 0 Å². The van der Waals surface area contributed by atoms with Crippen LogP contribution in [0.4, 0.5) is 5.69 Å². The summed E-state index contributed by atoms with van der Waals surface area (Å²) in [6, 6.07) is 13.8. The van der Waals surface area contributed by atoms with Crippen LogP contribution in [-0.2, 0) is 21.4 Å². The highest BCUT2D eigenvalue weighted by atomic mass is 32.2. The Labute approximate surface area is 173 Å². The Morgan fingerprint density at radius 1 is 1.10 bits per heavy atom. The van der Waals surface area contributed by atoms with Crippen LogP contribution < -0.4 is 5.32 Å². The molecule has 29 heavy (non-hydrogen) atoms. The molecule has 0 atom stereocenters. The zero-order chi connectivity index (χ0) is 21.2. The first-order valence-corrected chi connectivity index (χ1v) is 11.2. The third kappa shape index (κ3) is 5.44. The van der Waals surface area contributed by atoms with Gasteiger partial charge < -0.3 is 5.32 Å². The second-order valence-electron chi connectivity index (χ2n) is 7.94. The number of sulfonamides is 1. The fourth-order valence-corrected chi connectivity index (χ4v) is 4.48. The van der Waals surface area contributed by atoms with E-state index in [9.17, 15) is 13.2 Å². The molecule has 0 heterocycles. The Morgan fingerprint density at radius 3 is 2.45 bits per heavy atom. The summed E-state index contributed by atoms with van der Waals surface area (Å²) in [5, 5.41) is 2.87. The summed E-state index contributed by atoms with van der Waals surface area (Å²) in [5.74, 6) is -0.137. The topological polar surface area (TPSA) is 69.7 Å². The van der Waals surface area contributed by atoms with Crippen LogP contribution in [0.5, 0.6) is 0 Å². The molecule has 3 rings (SSSR count). The van der Waals surface area contributed by atoms with Crippen LogP contribution in [0.25, 0.3) is 0 Å². The molecule has 0 bridgehead atoms. The van der Waals surface area contributed by atoms with Crippen LogP contribution in [0.3, 0.4) is 0 Å². The van der Waals surface area contributed by atoms with Crippen molar-refractivity contribution in [3.05, 3.63) is 59.2 Å². The molecule has 1 aliphatic rings. The number of rotatable bonds is 8. The molecule has 7 heteroatoms. The first-order chi connectivity index (χ1) is 13.7. The molecule has 0 spiro atoms. The van der Waals surface area contributed by atoms with Crippen LogP contribution in [0.15, 0.2) is 47.4 Å². The number of hydrogen-bond acceptors (Lipinski definition) is 4. The van der Waals surface area contributed by atoms with Gasteiger partial charge in [0.05, 0.1) is 11.4 Å². The molecule has 1 saturated carbocycles. The number of amides is 1. The minimum atomic E-state index is -3.57. The molecule has 1 fully saturated rings. The van der Waals surface area contributed by atoms with Crippen molar-refractivity contribution in [2.45, 2.75) is 44.2 Å². The Kier molecular flexibility index (Phi) is 6.41. The average molecular weight is 416 g/mol. The summed E-state index contributed by atoms with van der Waals surface area (Å²) in [7, 11) is -0.568. The van der Waals surface area contributed by atoms with Gasteiger partial charge in [-0.05, 0) is 49.9 Å². The molecule has 0 aromatic heterocycles. The minimum Gasteiger partial charge on any atom is -0.325 e. The Morgan fingerprint density at radius 2 is 1.83 bits per heavy atom. The van der Waals surface area contributed by atoms with Gasteiger partial charge in [0, 0.05) is 32.4 Å². The van der Waals surface area contributed by atoms with Gasteiger partial charge in [-0.3, -0.25) is 9.69 Å². The molecule has 0 unspecified atom stereocenters. The number of nitrogens with zero attached hydrogens (tertiary/aromatic N) is 2. The van der Waals surface area contributed by atoms with Gasteiger partial charge in [0.25, 0.3) is 0 Å². The lowest BCUT2D eigenvalue weighted by atomic mass is 10.1. The molecule has 6 nitrogen and oxygen atoms in total. The lowest BCUT2D eigenvalue weighted by Gasteiger charge is -2.22. The largest absolute Gasteiger partial charge is 0.325 e. The summed E-state index contributed by atoms with van der Waals surface area (Å²) in [4.78, 5) is 15.1. The molecule has 0 aliphatic heterocycles. The molecular formula is C22H29N3O3S. The number of nitrogens with one attached hydrogen (secondary N) is 1. The maximum Gasteiger partial charge on any atom is 0.242 e. The lowest BCUT2D eigenvalue weighted by molar-refractivity contribution is -0.117. The maximum absolute atomic E-state index is 12.7. The van der Waals surface area contributed by atoms with E-state index in [-0.39, 0.29) is 17.3 Å². The average Bonchev–Trinajstić information content (AvgIpc) is 3.47. The Hall–Kier alpha value is -2.22. The van der Waals surface area contributed by atoms with Gasteiger partial charge in [0.15, 0.2) is 0 Å². The highest BCUT2D eigenvalue weighted by molar-refractivity contribution is 7.89. The lowest BCUT2D eigenvalue weighted by Crippen LogP contribution is -2.34. The number of aryl methyl sites for hydroxylation is 2. The first-order valence-electron chi connectivity index (χ1n) is 9.79. The number of hydrogen-bond donors (Lipinski definition) is 1. The zero-order valence-corrected chi connectivity index (χ0v) is 18.3. The van der Waals surface area contributed by atoms with E-state index in [0.717, 1.165) is 19.4 Å². The SMILES string of the molecule is Cc1cccc(CN(CC(=O)Nc2ccc(C)c(S(=O)(=O)N(C)C)c2)C2CC2)c1. The summed E-state index contributed by atoms with van der Waals surface area (Å²) in [6.07, 6.45) is 2.21. The fourth-order valence-electron chi connectivity index (χ4n) is 3.34. The van der Waals surface area contributed by atoms with E-state index in [1.54, 1.807) is 19.1 Å². The number of benzene rings is 2. The second kappa shape index (κ2) is 8.65. The van der Waals surface area contributed by atoms with Gasteiger partial charge in [0.2, 0.25) is 15.9 Å². The number of carbonyl (C=O) groups excluding carboxylic acids is 1. The monoisotopic (exact) mass is 415 g/mol. The van der Waals surface area contributed by atoms with E-state index in [2.05, 4.69) is 35.3 Å². The molecule has 2 aromatic rings. The summed E-state index contributed by atoms with van der Waals surface area (Å²) >= 11 is 0. The quantitative estimate of drug-likeness (QED) is 0.719. The fraction of sp³-hybridized carbons (Fsp3) is 0.409.